The molecule has 1 aliphatic heterocycles. The van der Waals surface area contributed by atoms with Gasteiger partial charge < -0.3 is 5.32 Å². The van der Waals surface area contributed by atoms with E-state index >= 15 is 0 Å². The van der Waals surface area contributed by atoms with E-state index in [0.29, 0.717) is 0 Å². The van der Waals surface area contributed by atoms with Gasteiger partial charge in [-0.05, 0) is 73.7 Å². The summed E-state index contributed by atoms with van der Waals surface area (Å²) in [6.07, 6.45) is 2.41. The van der Waals surface area contributed by atoms with E-state index in [2.05, 4.69) is 175 Å². The molecule has 0 aromatic heterocycles. The van der Waals surface area contributed by atoms with Crippen LogP contribution in [-0.2, 0) is 0 Å². The smallest absolute Gasteiger partial charge is 0.0526 e. The van der Waals surface area contributed by atoms with Gasteiger partial charge in [-0.1, -0.05) is 157 Å². The van der Waals surface area contributed by atoms with Crippen LogP contribution >= 0.6 is 27.6 Å². The minimum absolute atomic E-state index is 0.348. The molecule has 0 radical (unpaired) electrons. The lowest BCUT2D eigenvalue weighted by molar-refractivity contribution is 1.32. The lowest BCUT2D eigenvalue weighted by Gasteiger charge is -2.24. The van der Waals surface area contributed by atoms with Crippen molar-refractivity contribution >= 4 is 60.2 Å². The number of nitrogens with one attached hydrogen (secondary N) is 1. The second kappa shape index (κ2) is 14.5. The minimum Gasteiger partial charge on any atom is -0.354 e. The van der Waals surface area contributed by atoms with Crippen molar-refractivity contribution in [3.63, 3.8) is 0 Å². The van der Waals surface area contributed by atoms with Gasteiger partial charge in [0.2, 0.25) is 0 Å². The molecule has 0 atom stereocenters. The first kappa shape index (κ1) is 28.4. The average molecular weight is 598 g/mol. The second-order valence-electron chi connectivity index (χ2n) is 9.86. The molecule has 6 aromatic carbocycles. The number of rotatable bonds is 7. The summed E-state index contributed by atoms with van der Waals surface area (Å²) in [6, 6.07) is 61.0. The summed E-state index contributed by atoms with van der Waals surface area (Å²) >= 11 is 1.82. The third kappa shape index (κ3) is 7.21. The number of anilines is 2. The summed E-state index contributed by atoms with van der Waals surface area (Å²) in [6.45, 7) is 0. The molecular formula is C38H33NP2S. The number of benzene rings is 6. The predicted molar refractivity (Wildman–Crippen MR) is 188 cm³/mol. The summed E-state index contributed by atoms with van der Waals surface area (Å²) < 4.78 is 0. The maximum absolute atomic E-state index is 3.42. The van der Waals surface area contributed by atoms with Gasteiger partial charge in [0.05, 0.1) is 11.4 Å². The average Bonchev–Trinajstić information content (AvgIpc) is 3.08. The highest BCUT2D eigenvalue weighted by molar-refractivity contribution is 7.99. The standard InChI is InChI=1S/C26H24P2.C12H9NS/c1-5-13-23(14-6-1)27(24-15-7-2-8-16-24)21-22-28(25-17-9-3-10-18-25)26-19-11-4-12-20-26;1-3-7-11-9(5-1)13-10-6-2-4-8-12(10)14-11/h1-20H,21-22H2;1-8,13H. The monoisotopic (exact) mass is 597 g/mol. The fraction of sp³-hybridized carbons (Fsp3) is 0.0526. The lowest BCUT2D eigenvalue weighted by Crippen LogP contribution is -2.19. The summed E-state index contributed by atoms with van der Waals surface area (Å²) in [5, 5.41) is 9.31. The van der Waals surface area contributed by atoms with Crippen molar-refractivity contribution in [2.75, 3.05) is 17.6 Å². The summed E-state index contributed by atoms with van der Waals surface area (Å²) in [4.78, 5) is 2.59. The Balaban J connectivity index is 0.000000187. The van der Waals surface area contributed by atoms with Gasteiger partial charge in [-0.25, -0.2) is 0 Å². The first-order valence-electron chi connectivity index (χ1n) is 14.2. The van der Waals surface area contributed by atoms with Crippen LogP contribution in [-0.4, -0.2) is 12.3 Å². The Morgan fingerprint density at radius 2 is 0.643 bits per heavy atom. The molecular weight excluding hydrogens is 564 g/mol. The third-order valence-corrected chi connectivity index (χ3v) is 13.6. The van der Waals surface area contributed by atoms with E-state index in [1.165, 1.54) is 54.7 Å². The molecule has 1 N–H and O–H groups in total. The maximum Gasteiger partial charge on any atom is 0.0526 e. The Bertz CT molecular complexity index is 1430. The Morgan fingerprint density at radius 3 is 0.976 bits per heavy atom. The van der Waals surface area contributed by atoms with Crippen LogP contribution in [0.2, 0.25) is 0 Å². The molecule has 42 heavy (non-hydrogen) atoms. The third-order valence-electron chi connectivity index (χ3n) is 7.08. The van der Waals surface area contributed by atoms with Crippen LogP contribution in [0.25, 0.3) is 0 Å². The fourth-order valence-electron chi connectivity index (χ4n) is 5.03. The highest BCUT2D eigenvalue weighted by atomic mass is 32.2. The molecule has 4 heteroatoms. The van der Waals surface area contributed by atoms with Gasteiger partial charge in [-0.3, -0.25) is 0 Å². The Kier molecular flexibility index (Phi) is 9.81. The highest BCUT2D eigenvalue weighted by Crippen LogP contribution is 2.43. The fourth-order valence-corrected chi connectivity index (χ4v) is 11.4. The van der Waals surface area contributed by atoms with E-state index in [9.17, 15) is 0 Å². The van der Waals surface area contributed by atoms with Crippen molar-refractivity contribution < 1.29 is 0 Å². The van der Waals surface area contributed by atoms with E-state index in [1.54, 1.807) is 0 Å². The predicted octanol–water partition coefficient (Wildman–Crippen LogP) is 9.15. The molecule has 206 valence electrons. The molecule has 0 fully saturated rings. The van der Waals surface area contributed by atoms with Crippen molar-refractivity contribution in [2.45, 2.75) is 9.79 Å². The second-order valence-corrected chi connectivity index (χ2v) is 15.6. The van der Waals surface area contributed by atoms with E-state index in [4.69, 9.17) is 0 Å². The van der Waals surface area contributed by atoms with Gasteiger partial charge in [0.25, 0.3) is 0 Å². The highest BCUT2D eigenvalue weighted by Gasteiger charge is 2.19. The largest absolute Gasteiger partial charge is 0.354 e. The van der Waals surface area contributed by atoms with Crippen molar-refractivity contribution in [3.8, 4) is 0 Å². The first-order valence-corrected chi connectivity index (χ1v) is 18.1. The van der Waals surface area contributed by atoms with Gasteiger partial charge in [-0.15, -0.1) is 0 Å². The molecule has 0 saturated carbocycles. The number of hydrogen-bond donors (Lipinski definition) is 1. The molecule has 0 amide bonds. The molecule has 1 aliphatic rings. The summed E-state index contributed by atoms with van der Waals surface area (Å²) in [7, 11) is -0.696. The van der Waals surface area contributed by atoms with Gasteiger partial charge in [0, 0.05) is 9.79 Å². The van der Waals surface area contributed by atoms with Crippen LogP contribution in [0, 0.1) is 0 Å². The molecule has 1 heterocycles. The van der Waals surface area contributed by atoms with E-state index in [0.717, 1.165) is 0 Å². The Morgan fingerprint density at radius 1 is 0.357 bits per heavy atom. The normalized spacial score (nSPS) is 11.6. The quantitative estimate of drug-likeness (QED) is 0.184. The van der Waals surface area contributed by atoms with Crippen molar-refractivity contribution in [1.29, 1.82) is 0 Å². The van der Waals surface area contributed by atoms with Crippen molar-refractivity contribution in [1.82, 2.24) is 0 Å². The zero-order valence-corrected chi connectivity index (χ0v) is 26.0. The first-order chi connectivity index (χ1) is 20.8. The molecule has 0 aliphatic carbocycles. The van der Waals surface area contributed by atoms with Gasteiger partial charge in [-0.2, -0.15) is 0 Å². The van der Waals surface area contributed by atoms with Crippen LogP contribution in [0.5, 0.6) is 0 Å². The van der Waals surface area contributed by atoms with E-state index in [1.807, 2.05) is 11.8 Å². The maximum atomic E-state index is 3.42. The molecule has 0 bridgehead atoms. The van der Waals surface area contributed by atoms with Crippen LogP contribution < -0.4 is 26.5 Å². The van der Waals surface area contributed by atoms with Crippen LogP contribution in [0.4, 0.5) is 11.4 Å². The van der Waals surface area contributed by atoms with Crippen LogP contribution in [0.15, 0.2) is 180 Å². The zero-order valence-electron chi connectivity index (χ0n) is 23.4. The molecule has 1 nitrogen and oxygen atoms in total. The van der Waals surface area contributed by atoms with Gasteiger partial charge in [0.15, 0.2) is 0 Å². The van der Waals surface area contributed by atoms with Crippen LogP contribution in [0.3, 0.4) is 0 Å². The van der Waals surface area contributed by atoms with Gasteiger partial charge in [0.1, 0.15) is 0 Å². The number of fused-ring (bicyclic) bond motifs is 2. The minimum atomic E-state index is -0.348. The number of para-hydroxylation sites is 2. The molecule has 0 spiro atoms. The van der Waals surface area contributed by atoms with Crippen molar-refractivity contribution in [2.24, 2.45) is 0 Å². The van der Waals surface area contributed by atoms with E-state index < -0.39 is 0 Å². The summed E-state index contributed by atoms with van der Waals surface area (Å²) in [5.74, 6) is 0. The zero-order chi connectivity index (χ0) is 28.4. The SMILES string of the molecule is c1ccc(P(CCP(c2ccccc2)c2ccccc2)c2ccccc2)cc1.c1ccc2c(c1)Nc1ccccc1S2. The summed E-state index contributed by atoms with van der Waals surface area (Å²) in [5.41, 5.74) is 2.41. The Hall–Kier alpha value is -3.67. The molecule has 7 rings (SSSR count). The molecule has 6 aromatic rings. The molecule has 0 saturated heterocycles. The van der Waals surface area contributed by atoms with E-state index in [-0.39, 0.29) is 15.8 Å². The lowest BCUT2D eigenvalue weighted by atomic mass is 10.2. The van der Waals surface area contributed by atoms with Crippen molar-refractivity contribution in [3.05, 3.63) is 170 Å². The Labute approximate surface area is 256 Å². The molecule has 0 unspecified atom stereocenters. The van der Waals surface area contributed by atoms with Crippen LogP contribution in [0.1, 0.15) is 0 Å². The van der Waals surface area contributed by atoms with Gasteiger partial charge >= 0.3 is 0 Å². The topological polar surface area (TPSA) is 12.0 Å². The number of hydrogen-bond acceptors (Lipinski definition) is 2.